The zero-order valence-corrected chi connectivity index (χ0v) is 20.4. The van der Waals surface area contributed by atoms with E-state index in [0.29, 0.717) is 6.42 Å². The van der Waals surface area contributed by atoms with Crippen molar-refractivity contribution in [3.63, 3.8) is 0 Å². The Morgan fingerprint density at radius 3 is 2.47 bits per heavy atom. The Bertz CT molecular complexity index is 1260. The smallest absolute Gasteiger partial charge is 0.407 e. The van der Waals surface area contributed by atoms with Gasteiger partial charge in [-0.2, -0.15) is 0 Å². The number of hydrogen-bond acceptors (Lipinski definition) is 8. The van der Waals surface area contributed by atoms with Crippen LogP contribution in [0.5, 0.6) is 5.75 Å². The van der Waals surface area contributed by atoms with Crippen LogP contribution in [0.1, 0.15) is 45.5 Å². The Balaban J connectivity index is 1.21. The fraction of sp³-hybridized carbons (Fsp3) is 0.308. The molecule has 4 rings (SSSR count). The number of rotatable bonds is 10. The molecule has 1 atom stereocenters. The lowest BCUT2D eigenvalue weighted by Crippen LogP contribution is -2.54. The third kappa shape index (κ3) is 6.14. The molecule has 1 saturated heterocycles. The molecule has 2 aromatic carbocycles. The molecule has 0 aliphatic carbocycles. The highest BCUT2D eigenvalue weighted by Crippen LogP contribution is 2.33. The minimum absolute atomic E-state index is 0.0116. The molecule has 2 aliphatic rings. The van der Waals surface area contributed by atoms with Crippen LogP contribution in [0.25, 0.3) is 0 Å². The molecule has 0 saturated carbocycles. The van der Waals surface area contributed by atoms with E-state index in [0.717, 1.165) is 10.5 Å². The van der Waals surface area contributed by atoms with Gasteiger partial charge in [-0.3, -0.25) is 34.2 Å². The highest BCUT2D eigenvalue weighted by molar-refractivity contribution is 6.24. The minimum Gasteiger partial charge on any atom is -0.483 e. The van der Waals surface area contributed by atoms with Crippen molar-refractivity contribution in [1.82, 2.24) is 20.9 Å². The molecule has 0 aromatic heterocycles. The fourth-order valence-electron chi connectivity index (χ4n) is 4.08. The first-order chi connectivity index (χ1) is 18.3. The molecule has 0 bridgehead atoms. The van der Waals surface area contributed by atoms with Gasteiger partial charge in [0.15, 0.2) is 6.61 Å². The Morgan fingerprint density at radius 1 is 0.947 bits per heavy atom. The first-order valence-electron chi connectivity index (χ1n) is 12.0. The number of nitrogens with zero attached hydrogens (tertiary/aromatic N) is 1. The molecule has 1 fully saturated rings. The number of fused-ring (bicyclic) bond motifs is 1. The molecular formula is C26H26N4O8. The maximum absolute atomic E-state index is 13.0. The summed E-state index contributed by atoms with van der Waals surface area (Å²) in [6.45, 7) is 0.286. The third-order valence-electron chi connectivity index (χ3n) is 5.95. The van der Waals surface area contributed by atoms with Crippen LogP contribution in [-0.4, -0.2) is 66.3 Å². The van der Waals surface area contributed by atoms with Crippen LogP contribution in [0.15, 0.2) is 48.5 Å². The molecule has 0 spiro atoms. The second-order valence-electron chi connectivity index (χ2n) is 8.61. The SMILES string of the molecule is O=C(COc1cccc2c1C(=O)N(C1CCC(=O)NC1=O)C2=O)NCCCNC(=O)OCc1ccccc1. The Morgan fingerprint density at radius 2 is 1.71 bits per heavy atom. The van der Waals surface area contributed by atoms with Crippen LogP contribution < -0.4 is 20.7 Å². The molecule has 12 heteroatoms. The Labute approximate surface area is 217 Å². The molecule has 0 radical (unpaired) electrons. The van der Waals surface area contributed by atoms with Crippen molar-refractivity contribution in [1.29, 1.82) is 0 Å². The summed E-state index contributed by atoms with van der Waals surface area (Å²) in [6.07, 6.45) is -0.0700. The number of imide groups is 2. The van der Waals surface area contributed by atoms with Crippen molar-refractivity contribution < 1.29 is 38.2 Å². The summed E-state index contributed by atoms with van der Waals surface area (Å²) in [6, 6.07) is 12.6. The number of alkyl carbamates (subject to hydrolysis) is 1. The van der Waals surface area contributed by atoms with E-state index in [9.17, 15) is 28.8 Å². The van der Waals surface area contributed by atoms with Gasteiger partial charge < -0.3 is 20.1 Å². The van der Waals surface area contributed by atoms with Crippen molar-refractivity contribution in [2.24, 2.45) is 0 Å². The summed E-state index contributed by atoms with van der Waals surface area (Å²) in [5.41, 5.74) is 0.893. The average Bonchev–Trinajstić information content (AvgIpc) is 3.17. The van der Waals surface area contributed by atoms with Crippen LogP contribution in [0.4, 0.5) is 4.79 Å². The summed E-state index contributed by atoms with van der Waals surface area (Å²) in [5.74, 6) is -2.99. The van der Waals surface area contributed by atoms with Crippen LogP contribution in [-0.2, 0) is 25.7 Å². The van der Waals surface area contributed by atoms with Crippen LogP contribution in [0.3, 0.4) is 0 Å². The number of ether oxygens (including phenoxy) is 2. The molecule has 6 amide bonds. The van der Waals surface area contributed by atoms with Gasteiger partial charge >= 0.3 is 6.09 Å². The van der Waals surface area contributed by atoms with Gasteiger partial charge in [0.2, 0.25) is 11.8 Å². The molecule has 3 N–H and O–H groups in total. The molecule has 38 heavy (non-hydrogen) atoms. The highest BCUT2D eigenvalue weighted by Gasteiger charge is 2.46. The molecule has 1 unspecified atom stereocenters. The molecular weight excluding hydrogens is 496 g/mol. The van der Waals surface area contributed by atoms with Gasteiger partial charge in [-0.25, -0.2) is 4.79 Å². The summed E-state index contributed by atoms with van der Waals surface area (Å²) in [7, 11) is 0. The second-order valence-corrected chi connectivity index (χ2v) is 8.61. The van der Waals surface area contributed by atoms with Crippen molar-refractivity contribution in [2.75, 3.05) is 19.7 Å². The van der Waals surface area contributed by atoms with Crippen molar-refractivity contribution in [2.45, 2.75) is 31.9 Å². The van der Waals surface area contributed by atoms with Gasteiger partial charge in [0.05, 0.1) is 11.1 Å². The van der Waals surface area contributed by atoms with Gasteiger partial charge in [-0.1, -0.05) is 36.4 Å². The van der Waals surface area contributed by atoms with E-state index in [-0.39, 0.29) is 49.4 Å². The van der Waals surface area contributed by atoms with E-state index in [4.69, 9.17) is 9.47 Å². The van der Waals surface area contributed by atoms with Crippen molar-refractivity contribution in [3.8, 4) is 5.75 Å². The van der Waals surface area contributed by atoms with E-state index < -0.39 is 48.3 Å². The van der Waals surface area contributed by atoms with Gasteiger partial charge in [-0.05, 0) is 30.5 Å². The molecule has 2 heterocycles. The van der Waals surface area contributed by atoms with E-state index in [1.807, 2.05) is 30.3 Å². The van der Waals surface area contributed by atoms with Crippen LogP contribution in [0, 0.1) is 0 Å². The van der Waals surface area contributed by atoms with E-state index in [1.54, 1.807) is 0 Å². The van der Waals surface area contributed by atoms with Gasteiger partial charge in [0.25, 0.3) is 17.7 Å². The normalized spacial score (nSPS) is 16.5. The lowest BCUT2D eigenvalue weighted by Gasteiger charge is -2.27. The van der Waals surface area contributed by atoms with Gasteiger partial charge in [0, 0.05) is 19.5 Å². The lowest BCUT2D eigenvalue weighted by molar-refractivity contribution is -0.136. The Hall–Kier alpha value is -4.74. The quantitative estimate of drug-likeness (QED) is 0.306. The van der Waals surface area contributed by atoms with E-state index in [1.165, 1.54) is 18.2 Å². The molecule has 198 valence electrons. The maximum Gasteiger partial charge on any atom is 0.407 e. The van der Waals surface area contributed by atoms with Crippen LogP contribution >= 0.6 is 0 Å². The standard InChI is InChI=1S/C26H26N4O8/c31-20-11-10-18(23(33)29-20)30-24(34)17-8-4-9-19(22(17)25(30)35)37-15-21(32)27-12-5-13-28-26(36)38-14-16-6-2-1-3-7-16/h1-4,6-9,18H,5,10-15H2,(H,27,32)(H,28,36)(H,29,31,33). The monoisotopic (exact) mass is 522 g/mol. The Kier molecular flexibility index (Phi) is 8.31. The zero-order valence-electron chi connectivity index (χ0n) is 20.4. The maximum atomic E-state index is 13.0. The predicted octanol–water partition coefficient (Wildman–Crippen LogP) is 0.899. The number of carbonyl (C=O) groups is 6. The molecule has 2 aromatic rings. The van der Waals surface area contributed by atoms with Gasteiger partial charge in [-0.15, -0.1) is 0 Å². The first-order valence-corrected chi connectivity index (χ1v) is 12.0. The van der Waals surface area contributed by atoms with Crippen molar-refractivity contribution >= 4 is 35.6 Å². The van der Waals surface area contributed by atoms with Crippen LogP contribution in [0.2, 0.25) is 0 Å². The van der Waals surface area contributed by atoms with E-state index in [2.05, 4.69) is 16.0 Å². The third-order valence-corrected chi connectivity index (χ3v) is 5.95. The zero-order chi connectivity index (χ0) is 27.1. The average molecular weight is 523 g/mol. The number of hydrogen-bond donors (Lipinski definition) is 3. The topological polar surface area (TPSA) is 160 Å². The summed E-state index contributed by atoms with van der Waals surface area (Å²) < 4.78 is 10.6. The predicted molar refractivity (Wildman–Crippen MR) is 131 cm³/mol. The summed E-state index contributed by atoms with van der Waals surface area (Å²) >= 11 is 0. The van der Waals surface area contributed by atoms with Crippen molar-refractivity contribution in [3.05, 3.63) is 65.2 Å². The number of carbonyl (C=O) groups excluding carboxylic acids is 6. The largest absolute Gasteiger partial charge is 0.483 e. The second kappa shape index (κ2) is 12.0. The highest BCUT2D eigenvalue weighted by atomic mass is 16.5. The lowest BCUT2D eigenvalue weighted by atomic mass is 10.0. The number of piperidine rings is 1. The molecule has 12 nitrogen and oxygen atoms in total. The molecule has 2 aliphatic heterocycles. The first kappa shape index (κ1) is 26.3. The van der Waals surface area contributed by atoms with Gasteiger partial charge in [0.1, 0.15) is 18.4 Å². The summed E-state index contributed by atoms with van der Waals surface area (Å²) in [4.78, 5) is 74.3. The number of nitrogens with one attached hydrogen (secondary N) is 3. The fourth-order valence-corrected chi connectivity index (χ4v) is 4.08. The number of benzene rings is 2. The minimum atomic E-state index is -1.10. The summed E-state index contributed by atoms with van der Waals surface area (Å²) in [5, 5.41) is 7.37. The van der Waals surface area contributed by atoms with E-state index >= 15 is 0 Å². The number of amides is 6.